The zero-order valence-electron chi connectivity index (χ0n) is 8.76. The zero-order chi connectivity index (χ0) is 10.8. The van der Waals surface area contributed by atoms with E-state index in [4.69, 9.17) is 5.11 Å². The molecular formula is C12H15NO2. The van der Waals surface area contributed by atoms with Crippen LogP contribution in [0.5, 0.6) is 0 Å². The Morgan fingerprint density at radius 3 is 2.60 bits per heavy atom. The second-order valence-electron chi connectivity index (χ2n) is 4.18. The zero-order valence-corrected chi connectivity index (χ0v) is 8.76. The van der Waals surface area contributed by atoms with Crippen molar-refractivity contribution in [1.82, 2.24) is 4.90 Å². The van der Waals surface area contributed by atoms with Gasteiger partial charge in [0.25, 0.3) is 0 Å². The third-order valence-electron chi connectivity index (χ3n) is 3.05. The molecule has 2 atom stereocenters. The van der Waals surface area contributed by atoms with Gasteiger partial charge in [-0.3, -0.25) is 4.79 Å². The van der Waals surface area contributed by atoms with E-state index in [2.05, 4.69) is 4.90 Å². The van der Waals surface area contributed by atoms with E-state index in [0.717, 1.165) is 12.1 Å². The van der Waals surface area contributed by atoms with Crippen molar-refractivity contribution in [3.8, 4) is 0 Å². The molecule has 1 N–H and O–H groups in total. The SMILES string of the molecule is CN1C[C@H](C(=O)O)[C@@H](c2ccccc2)C1. The summed E-state index contributed by atoms with van der Waals surface area (Å²) in [4.78, 5) is 13.2. The molecular weight excluding hydrogens is 190 g/mol. The summed E-state index contributed by atoms with van der Waals surface area (Å²) in [5.41, 5.74) is 1.13. The van der Waals surface area contributed by atoms with Crippen LogP contribution in [0.15, 0.2) is 30.3 Å². The standard InChI is InChI=1S/C12H15NO2/c1-13-7-10(11(8-13)12(14)15)9-5-3-2-4-6-9/h2-6,10-11H,7-8H2,1H3,(H,14,15)/t10-,11+/m1/s1. The Kier molecular flexibility index (Phi) is 2.73. The van der Waals surface area contributed by atoms with Gasteiger partial charge in [-0.1, -0.05) is 30.3 Å². The lowest BCUT2D eigenvalue weighted by atomic mass is 9.89. The number of likely N-dealkylation sites (tertiary alicyclic amines) is 1. The van der Waals surface area contributed by atoms with Crippen LogP contribution in [0.2, 0.25) is 0 Å². The van der Waals surface area contributed by atoms with Crippen LogP contribution >= 0.6 is 0 Å². The summed E-state index contributed by atoms with van der Waals surface area (Å²) >= 11 is 0. The molecule has 1 aliphatic rings. The molecule has 1 fully saturated rings. The number of rotatable bonds is 2. The van der Waals surface area contributed by atoms with Gasteiger partial charge in [-0.25, -0.2) is 0 Å². The van der Waals surface area contributed by atoms with E-state index in [-0.39, 0.29) is 11.8 Å². The summed E-state index contributed by atoms with van der Waals surface area (Å²) < 4.78 is 0. The van der Waals surface area contributed by atoms with E-state index in [1.165, 1.54) is 0 Å². The van der Waals surface area contributed by atoms with Crippen molar-refractivity contribution in [3.05, 3.63) is 35.9 Å². The monoisotopic (exact) mass is 205 g/mol. The Hall–Kier alpha value is -1.35. The number of likely N-dealkylation sites (N-methyl/N-ethyl adjacent to an activating group) is 1. The topological polar surface area (TPSA) is 40.5 Å². The molecule has 0 bridgehead atoms. The van der Waals surface area contributed by atoms with E-state index >= 15 is 0 Å². The van der Waals surface area contributed by atoms with E-state index in [9.17, 15) is 4.79 Å². The molecule has 80 valence electrons. The predicted molar refractivity (Wildman–Crippen MR) is 57.8 cm³/mol. The van der Waals surface area contributed by atoms with E-state index in [0.29, 0.717) is 6.54 Å². The molecule has 2 rings (SSSR count). The molecule has 0 radical (unpaired) electrons. The maximum absolute atomic E-state index is 11.1. The van der Waals surface area contributed by atoms with Gasteiger partial charge in [0.1, 0.15) is 0 Å². The first-order valence-electron chi connectivity index (χ1n) is 5.15. The molecule has 1 aromatic rings. The Bertz CT molecular complexity index is 350. The highest BCUT2D eigenvalue weighted by Crippen LogP contribution is 2.31. The summed E-state index contributed by atoms with van der Waals surface area (Å²) in [6.07, 6.45) is 0. The van der Waals surface area contributed by atoms with Crippen LogP contribution in [0.4, 0.5) is 0 Å². The number of carboxylic acid groups (broad SMARTS) is 1. The molecule has 15 heavy (non-hydrogen) atoms. The van der Waals surface area contributed by atoms with Crippen molar-refractivity contribution in [2.75, 3.05) is 20.1 Å². The molecule has 1 heterocycles. The Balaban J connectivity index is 2.24. The highest BCUT2D eigenvalue weighted by atomic mass is 16.4. The van der Waals surface area contributed by atoms with Crippen molar-refractivity contribution in [3.63, 3.8) is 0 Å². The van der Waals surface area contributed by atoms with Crippen LogP contribution in [0.3, 0.4) is 0 Å². The van der Waals surface area contributed by atoms with E-state index in [1.54, 1.807) is 0 Å². The van der Waals surface area contributed by atoms with Gasteiger partial charge >= 0.3 is 5.97 Å². The molecule has 0 unspecified atom stereocenters. The molecule has 0 aromatic heterocycles. The molecule has 0 aliphatic carbocycles. The maximum atomic E-state index is 11.1. The summed E-state index contributed by atoms with van der Waals surface area (Å²) in [5, 5.41) is 9.14. The maximum Gasteiger partial charge on any atom is 0.308 e. The molecule has 1 aliphatic heterocycles. The average molecular weight is 205 g/mol. The first-order valence-corrected chi connectivity index (χ1v) is 5.15. The lowest BCUT2D eigenvalue weighted by Crippen LogP contribution is -2.21. The number of nitrogens with zero attached hydrogens (tertiary/aromatic N) is 1. The Morgan fingerprint density at radius 2 is 2.00 bits per heavy atom. The van der Waals surface area contributed by atoms with Gasteiger partial charge in [0.05, 0.1) is 5.92 Å². The molecule has 0 spiro atoms. The Labute approximate surface area is 89.3 Å². The highest BCUT2D eigenvalue weighted by Gasteiger charge is 2.36. The van der Waals surface area contributed by atoms with Gasteiger partial charge in [-0.2, -0.15) is 0 Å². The smallest absolute Gasteiger partial charge is 0.308 e. The van der Waals surface area contributed by atoms with Crippen LogP contribution in [-0.4, -0.2) is 36.1 Å². The van der Waals surface area contributed by atoms with Gasteiger partial charge in [0, 0.05) is 19.0 Å². The van der Waals surface area contributed by atoms with Crippen LogP contribution in [-0.2, 0) is 4.79 Å². The minimum absolute atomic E-state index is 0.133. The number of hydrogen-bond donors (Lipinski definition) is 1. The number of hydrogen-bond acceptors (Lipinski definition) is 2. The fourth-order valence-corrected chi connectivity index (χ4v) is 2.29. The normalized spacial score (nSPS) is 26.7. The van der Waals surface area contributed by atoms with Gasteiger partial charge in [0.15, 0.2) is 0 Å². The first-order chi connectivity index (χ1) is 7.18. The first kappa shape index (κ1) is 10.2. The minimum atomic E-state index is -0.687. The van der Waals surface area contributed by atoms with Crippen molar-refractivity contribution < 1.29 is 9.90 Å². The van der Waals surface area contributed by atoms with Crippen LogP contribution in [0.1, 0.15) is 11.5 Å². The molecule has 3 heteroatoms. The van der Waals surface area contributed by atoms with Crippen LogP contribution < -0.4 is 0 Å². The minimum Gasteiger partial charge on any atom is -0.481 e. The fourth-order valence-electron chi connectivity index (χ4n) is 2.29. The van der Waals surface area contributed by atoms with Gasteiger partial charge in [0.2, 0.25) is 0 Å². The Morgan fingerprint density at radius 1 is 1.33 bits per heavy atom. The van der Waals surface area contributed by atoms with Crippen LogP contribution in [0.25, 0.3) is 0 Å². The third-order valence-corrected chi connectivity index (χ3v) is 3.05. The molecule has 1 saturated heterocycles. The molecule has 0 saturated carbocycles. The average Bonchev–Trinajstić information content (AvgIpc) is 2.62. The van der Waals surface area contributed by atoms with Gasteiger partial charge < -0.3 is 10.0 Å². The highest BCUT2D eigenvalue weighted by molar-refractivity contribution is 5.72. The quantitative estimate of drug-likeness (QED) is 0.793. The van der Waals surface area contributed by atoms with Gasteiger partial charge in [-0.05, 0) is 12.6 Å². The van der Waals surface area contributed by atoms with Crippen LogP contribution in [0, 0.1) is 5.92 Å². The van der Waals surface area contributed by atoms with Gasteiger partial charge in [-0.15, -0.1) is 0 Å². The van der Waals surface area contributed by atoms with Crippen molar-refractivity contribution >= 4 is 5.97 Å². The summed E-state index contributed by atoms with van der Waals surface area (Å²) in [5.74, 6) is -0.820. The van der Waals surface area contributed by atoms with E-state index < -0.39 is 5.97 Å². The number of aliphatic carboxylic acids is 1. The molecule has 0 amide bonds. The number of carbonyl (C=O) groups is 1. The summed E-state index contributed by atoms with van der Waals surface area (Å²) in [6.45, 7) is 1.48. The van der Waals surface area contributed by atoms with Crippen molar-refractivity contribution in [2.24, 2.45) is 5.92 Å². The van der Waals surface area contributed by atoms with E-state index in [1.807, 2.05) is 37.4 Å². The lowest BCUT2D eigenvalue weighted by molar-refractivity contribution is -0.141. The number of benzene rings is 1. The fraction of sp³-hybridized carbons (Fsp3) is 0.417. The number of carboxylic acids is 1. The third kappa shape index (κ3) is 2.02. The molecule has 3 nitrogen and oxygen atoms in total. The second kappa shape index (κ2) is 4.03. The van der Waals surface area contributed by atoms with Crippen molar-refractivity contribution in [1.29, 1.82) is 0 Å². The lowest BCUT2D eigenvalue weighted by Gasteiger charge is -2.14. The summed E-state index contributed by atoms with van der Waals surface area (Å²) in [7, 11) is 1.97. The predicted octanol–water partition coefficient (Wildman–Crippen LogP) is 1.42. The molecule has 1 aromatic carbocycles. The van der Waals surface area contributed by atoms with Crippen molar-refractivity contribution in [2.45, 2.75) is 5.92 Å². The second-order valence-corrected chi connectivity index (χ2v) is 4.18. The largest absolute Gasteiger partial charge is 0.481 e. The summed E-state index contributed by atoms with van der Waals surface area (Å²) in [6, 6.07) is 9.91.